The molecule has 0 unspecified atom stereocenters. The highest BCUT2D eigenvalue weighted by Gasteiger charge is 2.26. The molecule has 0 aliphatic carbocycles. The summed E-state index contributed by atoms with van der Waals surface area (Å²) < 4.78 is 36.6. The molecule has 132 valence electrons. The van der Waals surface area contributed by atoms with E-state index in [0.717, 1.165) is 22.3 Å². The normalized spacial score (nSPS) is 12.7. The molecule has 1 aliphatic rings. The molecular weight excluding hydrogens is 350 g/mol. The summed E-state index contributed by atoms with van der Waals surface area (Å²) in [4.78, 5) is 3.90. The van der Waals surface area contributed by atoms with Crippen molar-refractivity contribution in [3.05, 3.63) is 71.4 Å². The van der Waals surface area contributed by atoms with Gasteiger partial charge in [0.25, 0.3) is 0 Å². The molecule has 0 radical (unpaired) electrons. The number of aromatic nitrogens is 1. The second-order valence-electron chi connectivity index (χ2n) is 6.29. The molecule has 0 atom stereocenters. The van der Waals surface area contributed by atoms with Crippen molar-refractivity contribution < 1.29 is 17.3 Å². The van der Waals surface area contributed by atoms with E-state index in [-0.39, 0.29) is 10.8 Å². The fourth-order valence-electron chi connectivity index (χ4n) is 3.03. The first-order valence-corrected chi connectivity index (χ1v) is 9.58. The number of aryl methyl sites for hydroxylation is 2. The van der Waals surface area contributed by atoms with Crippen molar-refractivity contribution in [1.29, 1.82) is 0 Å². The first kappa shape index (κ1) is 16.6. The summed E-state index contributed by atoms with van der Waals surface area (Å²) in [5, 5.41) is -0.128. The maximum atomic E-state index is 12.7. The van der Waals surface area contributed by atoms with Crippen LogP contribution in [0.2, 0.25) is 0 Å². The quantitative estimate of drug-likeness (QED) is 0.654. The molecule has 3 aromatic rings. The minimum Gasteiger partial charge on any atom is -0.488 e. The Hall–Kier alpha value is -2.86. The van der Waals surface area contributed by atoms with Gasteiger partial charge in [0.1, 0.15) is 12.4 Å². The Morgan fingerprint density at radius 2 is 1.88 bits per heavy atom. The smallest absolute Gasteiger partial charge is 0.356 e. The van der Waals surface area contributed by atoms with Crippen LogP contribution in [0.3, 0.4) is 0 Å². The highest BCUT2D eigenvalue weighted by molar-refractivity contribution is 7.87. The summed E-state index contributed by atoms with van der Waals surface area (Å²) in [7, 11) is -4.04. The highest BCUT2D eigenvalue weighted by Crippen LogP contribution is 2.45. The minimum atomic E-state index is -4.04. The summed E-state index contributed by atoms with van der Waals surface area (Å²) >= 11 is 0. The summed E-state index contributed by atoms with van der Waals surface area (Å²) in [6.45, 7) is 4.31. The monoisotopic (exact) mass is 367 g/mol. The molecule has 6 heteroatoms. The second kappa shape index (κ2) is 6.14. The molecule has 0 bridgehead atoms. The molecule has 4 rings (SSSR count). The van der Waals surface area contributed by atoms with Gasteiger partial charge in [-0.15, -0.1) is 0 Å². The lowest BCUT2D eigenvalue weighted by Crippen LogP contribution is -2.14. The fraction of sp³-hybridized carbons (Fsp3) is 0.150. The highest BCUT2D eigenvalue weighted by atomic mass is 32.2. The van der Waals surface area contributed by atoms with E-state index in [9.17, 15) is 8.42 Å². The third-order valence-electron chi connectivity index (χ3n) is 4.22. The molecule has 1 aromatic heterocycles. The molecular formula is C20H17NO4S. The molecule has 0 saturated heterocycles. The van der Waals surface area contributed by atoms with Gasteiger partial charge in [0.15, 0.2) is 10.8 Å². The molecule has 0 N–H and O–H groups in total. The van der Waals surface area contributed by atoms with Gasteiger partial charge < -0.3 is 8.92 Å². The van der Waals surface area contributed by atoms with E-state index in [1.807, 2.05) is 38.1 Å². The van der Waals surface area contributed by atoms with Crippen LogP contribution < -0.4 is 8.92 Å². The van der Waals surface area contributed by atoms with Gasteiger partial charge in [-0.25, -0.2) is 4.98 Å². The zero-order chi connectivity index (χ0) is 18.3. The summed E-state index contributed by atoms with van der Waals surface area (Å²) in [6.07, 6.45) is 1.42. The number of pyridine rings is 1. The molecule has 5 nitrogen and oxygen atoms in total. The standard InChI is InChI=1S/C20H17NO4S/c1-13-6-7-15-12-24-17-10-14(2)11-18(20(17)16(15)9-13)25-26(22,23)19-5-3-4-8-21-19/h3-11H,12H2,1-2H3. The van der Waals surface area contributed by atoms with E-state index in [4.69, 9.17) is 8.92 Å². The summed E-state index contributed by atoms with van der Waals surface area (Å²) in [5.74, 6) is 0.867. The van der Waals surface area contributed by atoms with Crippen molar-refractivity contribution in [3.8, 4) is 22.6 Å². The number of benzene rings is 2. The lowest BCUT2D eigenvalue weighted by Gasteiger charge is -2.24. The molecule has 2 heterocycles. The first-order valence-electron chi connectivity index (χ1n) is 8.17. The number of nitrogens with zero attached hydrogens (tertiary/aromatic N) is 1. The predicted octanol–water partition coefficient (Wildman–Crippen LogP) is 4.03. The van der Waals surface area contributed by atoms with Gasteiger partial charge in [0.05, 0.1) is 5.56 Å². The van der Waals surface area contributed by atoms with Crippen molar-refractivity contribution in [2.75, 3.05) is 0 Å². The van der Waals surface area contributed by atoms with E-state index in [1.54, 1.807) is 18.2 Å². The third kappa shape index (κ3) is 2.93. The van der Waals surface area contributed by atoms with E-state index >= 15 is 0 Å². The van der Waals surface area contributed by atoms with Gasteiger partial charge >= 0.3 is 10.1 Å². The SMILES string of the molecule is Cc1cc2c(c(OS(=O)(=O)c3ccccn3)c1)-c1cc(C)ccc1CO2. The lowest BCUT2D eigenvalue weighted by molar-refractivity contribution is 0.301. The topological polar surface area (TPSA) is 65.5 Å². The zero-order valence-electron chi connectivity index (χ0n) is 14.4. The Morgan fingerprint density at radius 3 is 2.65 bits per heavy atom. The number of hydrogen-bond donors (Lipinski definition) is 0. The first-order chi connectivity index (χ1) is 12.4. The Kier molecular flexibility index (Phi) is 3.92. The molecule has 0 spiro atoms. The number of fused-ring (bicyclic) bond motifs is 3. The van der Waals surface area contributed by atoms with E-state index < -0.39 is 10.1 Å². The summed E-state index contributed by atoms with van der Waals surface area (Å²) in [6, 6.07) is 14.3. The van der Waals surface area contributed by atoms with Gasteiger partial charge in [-0.1, -0.05) is 29.8 Å². The Balaban J connectivity index is 1.88. The van der Waals surface area contributed by atoms with Gasteiger partial charge in [-0.05, 0) is 54.8 Å². The van der Waals surface area contributed by atoms with Crippen LogP contribution in [0, 0.1) is 13.8 Å². The van der Waals surface area contributed by atoms with Crippen molar-refractivity contribution >= 4 is 10.1 Å². The molecule has 2 aromatic carbocycles. The van der Waals surface area contributed by atoms with Crippen LogP contribution in [0.1, 0.15) is 16.7 Å². The van der Waals surface area contributed by atoms with E-state index in [2.05, 4.69) is 4.98 Å². The maximum Gasteiger partial charge on any atom is 0.356 e. The van der Waals surface area contributed by atoms with Gasteiger partial charge in [-0.2, -0.15) is 8.42 Å². The van der Waals surface area contributed by atoms with E-state index in [1.165, 1.54) is 12.3 Å². The molecule has 0 saturated carbocycles. The van der Waals surface area contributed by atoms with Gasteiger partial charge in [-0.3, -0.25) is 0 Å². The molecule has 0 amide bonds. The van der Waals surface area contributed by atoms with Crippen LogP contribution in [0.4, 0.5) is 0 Å². The second-order valence-corrected chi connectivity index (χ2v) is 7.78. The van der Waals surface area contributed by atoms with Crippen LogP contribution in [0.15, 0.2) is 59.8 Å². The third-order valence-corrected chi connectivity index (χ3v) is 5.37. The number of hydrogen-bond acceptors (Lipinski definition) is 5. The van der Waals surface area contributed by atoms with Gasteiger partial charge in [0.2, 0.25) is 0 Å². The molecule has 0 fully saturated rings. The van der Waals surface area contributed by atoms with Crippen molar-refractivity contribution in [2.24, 2.45) is 0 Å². The van der Waals surface area contributed by atoms with Crippen LogP contribution >= 0.6 is 0 Å². The van der Waals surface area contributed by atoms with Crippen molar-refractivity contribution in [3.63, 3.8) is 0 Å². The average Bonchev–Trinajstić information content (AvgIpc) is 2.61. The van der Waals surface area contributed by atoms with Crippen molar-refractivity contribution in [2.45, 2.75) is 25.5 Å². The number of ether oxygens (including phenoxy) is 1. The predicted molar refractivity (Wildman–Crippen MR) is 97.7 cm³/mol. The minimum absolute atomic E-state index is 0.128. The fourth-order valence-corrected chi connectivity index (χ4v) is 3.91. The van der Waals surface area contributed by atoms with Crippen molar-refractivity contribution in [1.82, 2.24) is 4.98 Å². The summed E-state index contributed by atoms with van der Waals surface area (Å²) in [5.41, 5.74) is 4.51. The lowest BCUT2D eigenvalue weighted by atomic mass is 9.93. The molecule has 1 aliphatic heterocycles. The van der Waals surface area contributed by atoms with Crippen LogP contribution in [-0.2, 0) is 16.7 Å². The molecule has 26 heavy (non-hydrogen) atoms. The maximum absolute atomic E-state index is 12.7. The largest absolute Gasteiger partial charge is 0.488 e. The van der Waals surface area contributed by atoms with Crippen LogP contribution in [-0.4, -0.2) is 13.4 Å². The Bertz CT molecular complexity index is 1090. The zero-order valence-corrected chi connectivity index (χ0v) is 15.2. The van der Waals surface area contributed by atoms with Crippen LogP contribution in [0.5, 0.6) is 11.5 Å². The Morgan fingerprint density at radius 1 is 1.04 bits per heavy atom. The average molecular weight is 367 g/mol. The van der Waals surface area contributed by atoms with E-state index in [0.29, 0.717) is 17.9 Å². The van der Waals surface area contributed by atoms with Gasteiger partial charge in [0, 0.05) is 6.20 Å². The van der Waals surface area contributed by atoms with Crippen LogP contribution in [0.25, 0.3) is 11.1 Å². The number of rotatable bonds is 3. The Labute approximate surface area is 152 Å².